The molecule has 0 unspecified atom stereocenters. The highest BCUT2D eigenvalue weighted by molar-refractivity contribution is 7.22. The van der Waals surface area contributed by atoms with Crippen LogP contribution in [0.5, 0.6) is 11.5 Å². The predicted molar refractivity (Wildman–Crippen MR) is 136 cm³/mol. The summed E-state index contributed by atoms with van der Waals surface area (Å²) in [6, 6.07) is 17.3. The molecule has 0 spiro atoms. The molecule has 3 aromatic heterocycles. The molecular formula is C27H17F2N3O3S. The van der Waals surface area contributed by atoms with Crippen LogP contribution in [0.1, 0.15) is 0 Å². The maximum atomic E-state index is 14.3. The summed E-state index contributed by atoms with van der Waals surface area (Å²) in [6.07, 6.45) is 1.68. The number of pyridine rings is 1. The quantitative estimate of drug-likeness (QED) is 0.271. The molecule has 6 nitrogen and oxygen atoms in total. The third kappa shape index (κ3) is 3.70. The predicted octanol–water partition coefficient (Wildman–Crippen LogP) is 6.73. The molecule has 0 atom stereocenters. The van der Waals surface area contributed by atoms with E-state index in [4.69, 9.17) is 14.9 Å². The van der Waals surface area contributed by atoms with Gasteiger partial charge in [-0.15, -0.1) is 11.3 Å². The van der Waals surface area contributed by atoms with E-state index in [1.807, 2.05) is 30.3 Å². The Hall–Kier alpha value is -4.50. The Morgan fingerprint density at radius 1 is 1.00 bits per heavy atom. The monoisotopic (exact) mass is 501 g/mol. The summed E-state index contributed by atoms with van der Waals surface area (Å²) in [6.45, 7) is 0. The minimum Gasteiger partial charge on any atom is -0.454 e. The molecule has 6 rings (SSSR count). The number of halogens is 2. The van der Waals surface area contributed by atoms with E-state index in [1.54, 1.807) is 31.4 Å². The molecule has 0 bridgehead atoms. The van der Waals surface area contributed by atoms with Crippen molar-refractivity contribution < 1.29 is 17.9 Å². The zero-order chi connectivity index (χ0) is 25.0. The summed E-state index contributed by atoms with van der Waals surface area (Å²) in [5, 5.41) is 0.649. The second kappa shape index (κ2) is 8.31. The number of nitrogen functional groups attached to an aromatic ring is 1. The first-order valence-corrected chi connectivity index (χ1v) is 11.7. The van der Waals surface area contributed by atoms with Gasteiger partial charge in [-0.05, 0) is 48.5 Å². The van der Waals surface area contributed by atoms with Crippen LogP contribution in [0, 0.1) is 11.6 Å². The van der Waals surface area contributed by atoms with Gasteiger partial charge in [0.15, 0.2) is 17.1 Å². The van der Waals surface area contributed by atoms with Crippen LogP contribution in [0.3, 0.4) is 0 Å². The first kappa shape index (κ1) is 22.0. The number of oxazole rings is 1. The van der Waals surface area contributed by atoms with Crippen molar-refractivity contribution in [2.24, 2.45) is 7.05 Å². The van der Waals surface area contributed by atoms with E-state index >= 15 is 0 Å². The molecule has 0 aliphatic carbocycles. The molecule has 9 heteroatoms. The summed E-state index contributed by atoms with van der Waals surface area (Å²) in [5.41, 5.74) is 8.91. The maximum absolute atomic E-state index is 14.3. The summed E-state index contributed by atoms with van der Waals surface area (Å²) in [7, 11) is 1.65. The third-order valence-electron chi connectivity index (χ3n) is 5.77. The second-order valence-corrected chi connectivity index (χ2v) is 9.28. The number of hydrogen-bond donors (Lipinski definition) is 1. The fraction of sp³-hybridized carbons (Fsp3) is 0.0370. The van der Waals surface area contributed by atoms with Crippen LogP contribution in [0.25, 0.3) is 43.1 Å². The Bertz CT molecular complexity index is 1820. The second-order valence-electron chi connectivity index (χ2n) is 8.23. The van der Waals surface area contributed by atoms with E-state index in [0.717, 1.165) is 12.1 Å². The molecule has 6 aromatic rings. The highest BCUT2D eigenvalue weighted by atomic mass is 32.1. The van der Waals surface area contributed by atoms with E-state index in [2.05, 4.69) is 4.98 Å². The number of benzene rings is 3. The normalized spacial score (nSPS) is 11.4. The van der Waals surface area contributed by atoms with Gasteiger partial charge in [-0.1, -0.05) is 12.1 Å². The van der Waals surface area contributed by atoms with Gasteiger partial charge in [0.25, 0.3) is 5.56 Å². The SMILES string of the molecule is Cn1cc(-c2cc(N)ccc2Oc2ccc(F)cc2F)c2cc(-c3nc4ccccc4o3)sc2c1=O. The number of nitrogens with two attached hydrogens (primary N) is 1. The van der Waals surface area contributed by atoms with Crippen molar-refractivity contribution in [3.63, 3.8) is 0 Å². The van der Waals surface area contributed by atoms with Crippen molar-refractivity contribution in [1.29, 1.82) is 0 Å². The van der Waals surface area contributed by atoms with Gasteiger partial charge in [0.2, 0.25) is 5.89 Å². The lowest BCUT2D eigenvalue weighted by molar-refractivity contribution is 0.439. The number of ether oxygens (including phenoxy) is 1. The number of para-hydroxylation sites is 2. The van der Waals surface area contributed by atoms with Gasteiger partial charge in [0.1, 0.15) is 21.8 Å². The van der Waals surface area contributed by atoms with Gasteiger partial charge in [0, 0.05) is 41.5 Å². The van der Waals surface area contributed by atoms with Crippen molar-refractivity contribution in [2.45, 2.75) is 0 Å². The number of hydrogen-bond acceptors (Lipinski definition) is 6. The van der Waals surface area contributed by atoms with Crippen LogP contribution < -0.4 is 16.0 Å². The average Bonchev–Trinajstić information content (AvgIpc) is 3.49. The molecule has 0 amide bonds. The molecule has 3 heterocycles. The number of rotatable bonds is 4. The standard InChI is InChI=1S/C27H17F2N3O3S/c1-32-13-18(16-11-15(30)7-9-21(16)34-22-8-6-14(28)10-19(22)29)17-12-24(36-25(17)27(32)33)26-31-20-4-2-3-5-23(20)35-26/h2-13H,30H2,1H3. The molecule has 0 fully saturated rings. The van der Waals surface area contributed by atoms with E-state index in [0.29, 0.717) is 54.5 Å². The van der Waals surface area contributed by atoms with Crippen LogP contribution in [0.2, 0.25) is 0 Å². The van der Waals surface area contributed by atoms with E-state index in [1.165, 1.54) is 22.0 Å². The van der Waals surface area contributed by atoms with Gasteiger partial charge in [-0.2, -0.15) is 0 Å². The Labute approximate surface area is 206 Å². The van der Waals surface area contributed by atoms with E-state index in [-0.39, 0.29) is 11.3 Å². The van der Waals surface area contributed by atoms with E-state index in [9.17, 15) is 13.6 Å². The van der Waals surface area contributed by atoms with Crippen molar-refractivity contribution in [2.75, 3.05) is 5.73 Å². The van der Waals surface area contributed by atoms with Crippen molar-refractivity contribution >= 4 is 38.2 Å². The third-order valence-corrected chi connectivity index (χ3v) is 6.88. The van der Waals surface area contributed by atoms with Crippen LogP contribution in [-0.2, 0) is 7.05 Å². The Balaban J connectivity index is 1.55. The molecule has 0 aliphatic rings. The number of nitrogens with zero attached hydrogens (tertiary/aromatic N) is 2. The lowest BCUT2D eigenvalue weighted by Gasteiger charge is -2.14. The fourth-order valence-corrected chi connectivity index (χ4v) is 5.13. The van der Waals surface area contributed by atoms with Crippen LogP contribution >= 0.6 is 11.3 Å². The molecule has 0 saturated carbocycles. The zero-order valence-electron chi connectivity index (χ0n) is 18.8. The van der Waals surface area contributed by atoms with Gasteiger partial charge >= 0.3 is 0 Å². The number of fused-ring (bicyclic) bond motifs is 2. The zero-order valence-corrected chi connectivity index (χ0v) is 19.6. The van der Waals surface area contributed by atoms with Crippen molar-refractivity contribution in [1.82, 2.24) is 9.55 Å². The minimum atomic E-state index is -0.836. The summed E-state index contributed by atoms with van der Waals surface area (Å²) in [5.74, 6) is -0.979. The molecule has 0 aliphatic heterocycles. The number of aromatic nitrogens is 2. The first-order valence-electron chi connectivity index (χ1n) is 10.9. The number of anilines is 1. The molecule has 2 N–H and O–H groups in total. The molecule has 0 radical (unpaired) electrons. The fourth-order valence-electron chi connectivity index (χ4n) is 4.05. The van der Waals surface area contributed by atoms with Crippen LogP contribution in [0.15, 0.2) is 82.1 Å². The highest BCUT2D eigenvalue weighted by Crippen LogP contribution is 2.42. The Kier molecular flexibility index (Phi) is 5.08. The lowest BCUT2D eigenvalue weighted by atomic mass is 10.0. The Morgan fingerprint density at radius 2 is 1.81 bits per heavy atom. The van der Waals surface area contributed by atoms with E-state index < -0.39 is 11.6 Å². The van der Waals surface area contributed by atoms with Crippen LogP contribution in [-0.4, -0.2) is 9.55 Å². The lowest BCUT2D eigenvalue weighted by Crippen LogP contribution is -2.15. The summed E-state index contributed by atoms with van der Waals surface area (Å²) < 4.78 is 41.5. The first-order chi connectivity index (χ1) is 17.4. The minimum absolute atomic E-state index is 0.138. The maximum Gasteiger partial charge on any atom is 0.268 e. The summed E-state index contributed by atoms with van der Waals surface area (Å²) >= 11 is 1.27. The molecule has 3 aromatic carbocycles. The number of thiophene rings is 1. The van der Waals surface area contributed by atoms with Gasteiger partial charge < -0.3 is 19.5 Å². The van der Waals surface area contributed by atoms with Crippen LogP contribution in [0.4, 0.5) is 14.5 Å². The summed E-state index contributed by atoms with van der Waals surface area (Å²) in [4.78, 5) is 18.3. The average molecular weight is 502 g/mol. The van der Waals surface area contributed by atoms with Gasteiger partial charge in [0.05, 0.1) is 4.88 Å². The van der Waals surface area contributed by atoms with Crippen molar-refractivity contribution in [3.8, 4) is 33.4 Å². The molecule has 178 valence electrons. The van der Waals surface area contributed by atoms with Crippen molar-refractivity contribution in [3.05, 3.63) is 94.9 Å². The Morgan fingerprint density at radius 3 is 2.61 bits per heavy atom. The number of aryl methyl sites for hydroxylation is 1. The largest absolute Gasteiger partial charge is 0.454 e. The molecular weight excluding hydrogens is 484 g/mol. The highest BCUT2D eigenvalue weighted by Gasteiger charge is 2.20. The molecule has 36 heavy (non-hydrogen) atoms. The smallest absolute Gasteiger partial charge is 0.268 e. The van der Waals surface area contributed by atoms with Gasteiger partial charge in [-0.25, -0.2) is 13.8 Å². The molecule has 0 saturated heterocycles. The topological polar surface area (TPSA) is 83.3 Å². The van der Waals surface area contributed by atoms with Gasteiger partial charge in [-0.3, -0.25) is 4.79 Å².